The Labute approximate surface area is 151 Å². The van der Waals surface area contributed by atoms with Gasteiger partial charge in [-0.1, -0.05) is 30.3 Å². The summed E-state index contributed by atoms with van der Waals surface area (Å²) < 4.78 is 8.03. The Morgan fingerprint density at radius 3 is 2.60 bits per heavy atom. The number of aromatic nitrogens is 1. The fourth-order valence-electron chi connectivity index (χ4n) is 2.50. The van der Waals surface area contributed by atoms with Crippen LogP contribution in [-0.2, 0) is 11.3 Å². The lowest BCUT2D eigenvalue weighted by Gasteiger charge is -2.14. The highest BCUT2D eigenvalue weighted by Crippen LogP contribution is 2.15. The summed E-state index contributed by atoms with van der Waals surface area (Å²) in [4.78, 5) is 4.61. The molecule has 0 fully saturated rings. The molecule has 1 atom stereocenters. The van der Waals surface area contributed by atoms with E-state index >= 15 is 0 Å². The van der Waals surface area contributed by atoms with Crippen molar-refractivity contribution in [3.8, 4) is 0 Å². The van der Waals surface area contributed by atoms with Crippen molar-refractivity contribution in [2.45, 2.75) is 32.9 Å². The topological polar surface area (TPSA) is 50.6 Å². The molecule has 0 amide bonds. The lowest BCUT2D eigenvalue weighted by Crippen LogP contribution is -2.38. The largest absolute Gasteiger partial charge is 0.374 e. The number of benzene rings is 1. The van der Waals surface area contributed by atoms with E-state index < -0.39 is 0 Å². The van der Waals surface area contributed by atoms with Crippen LogP contribution in [0.15, 0.2) is 59.9 Å². The SMILES string of the molecule is CCNC(=NCCCOC(C)c1ccccc1)NCCn1cccc1. The van der Waals surface area contributed by atoms with Crippen LogP contribution in [0.4, 0.5) is 0 Å². The van der Waals surface area contributed by atoms with Crippen molar-refractivity contribution in [3.63, 3.8) is 0 Å². The van der Waals surface area contributed by atoms with E-state index in [1.807, 2.05) is 30.3 Å². The summed E-state index contributed by atoms with van der Waals surface area (Å²) in [7, 11) is 0. The van der Waals surface area contributed by atoms with Gasteiger partial charge in [0.25, 0.3) is 0 Å². The van der Waals surface area contributed by atoms with E-state index in [1.165, 1.54) is 5.56 Å². The predicted molar refractivity (Wildman–Crippen MR) is 104 cm³/mol. The molecule has 0 aliphatic rings. The number of guanidine groups is 1. The van der Waals surface area contributed by atoms with Crippen molar-refractivity contribution in [1.82, 2.24) is 15.2 Å². The van der Waals surface area contributed by atoms with Crippen molar-refractivity contribution >= 4 is 5.96 Å². The Morgan fingerprint density at radius 1 is 1.12 bits per heavy atom. The van der Waals surface area contributed by atoms with Crippen LogP contribution in [0.3, 0.4) is 0 Å². The van der Waals surface area contributed by atoms with Crippen molar-refractivity contribution in [3.05, 3.63) is 60.4 Å². The average Bonchev–Trinajstić information content (AvgIpc) is 3.15. The van der Waals surface area contributed by atoms with E-state index in [0.29, 0.717) is 6.61 Å². The first-order valence-corrected chi connectivity index (χ1v) is 9.09. The molecule has 0 saturated carbocycles. The highest BCUT2D eigenvalue weighted by molar-refractivity contribution is 5.79. The summed E-state index contributed by atoms with van der Waals surface area (Å²) >= 11 is 0. The van der Waals surface area contributed by atoms with Crippen molar-refractivity contribution in [2.75, 3.05) is 26.2 Å². The molecule has 2 rings (SSSR count). The van der Waals surface area contributed by atoms with Crippen LogP contribution < -0.4 is 10.6 Å². The molecule has 0 saturated heterocycles. The second-order valence-electron chi connectivity index (χ2n) is 5.89. The molecule has 0 radical (unpaired) electrons. The second-order valence-corrected chi connectivity index (χ2v) is 5.89. The molecular weight excluding hydrogens is 312 g/mol. The van der Waals surface area contributed by atoms with Crippen LogP contribution in [-0.4, -0.2) is 36.8 Å². The van der Waals surface area contributed by atoms with Crippen LogP contribution in [0.5, 0.6) is 0 Å². The maximum atomic E-state index is 5.89. The maximum absolute atomic E-state index is 5.89. The van der Waals surface area contributed by atoms with Crippen LogP contribution in [0.2, 0.25) is 0 Å². The molecule has 1 unspecified atom stereocenters. The molecule has 1 aromatic heterocycles. The molecule has 0 aliphatic carbocycles. The zero-order valence-electron chi connectivity index (χ0n) is 15.3. The molecule has 25 heavy (non-hydrogen) atoms. The van der Waals surface area contributed by atoms with Crippen LogP contribution in [0.25, 0.3) is 0 Å². The summed E-state index contributed by atoms with van der Waals surface area (Å²) in [5.41, 5.74) is 1.21. The normalized spacial score (nSPS) is 12.8. The highest BCUT2D eigenvalue weighted by atomic mass is 16.5. The summed E-state index contributed by atoms with van der Waals surface area (Å²) in [6, 6.07) is 14.4. The number of ether oxygens (including phenoxy) is 1. The van der Waals surface area contributed by atoms with Gasteiger partial charge in [-0.15, -0.1) is 0 Å². The quantitative estimate of drug-likeness (QED) is 0.396. The molecule has 5 nitrogen and oxygen atoms in total. The molecular formula is C20H30N4O. The Hall–Kier alpha value is -2.27. The molecule has 0 bridgehead atoms. The number of nitrogens with zero attached hydrogens (tertiary/aromatic N) is 2. The van der Waals surface area contributed by atoms with E-state index in [9.17, 15) is 0 Å². The number of nitrogens with one attached hydrogen (secondary N) is 2. The molecule has 0 spiro atoms. The van der Waals surface area contributed by atoms with Crippen molar-refractivity contribution in [2.24, 2.45) is 4.99 Å². The third-order valence-corrected chi connectivity index (χ3v) is 3.88. The Bertz CT molecular complexity index is 595. The van der Waals surface area contributed by atoms with Gasteiger partial charge in [0.15, 0.2) is 5.96 Å². The third-order valence-electron chi connectivity index (χ3n) is 3.88. The standard InChI is InChI=1S/C20H30N4O/c1-3-21-20(23-13-16-24-14-7-8-15-24)22-12-9-17-25-18(2)19-10-5-4-6-11-19/h4-8,10-11,14-15,18H,3,9,12-13,16-17H2,1-2H3,(H2,21,22,23). The van der Waals surface area contributed by atoms with Crippen LogP contribution >= 0.6 is 0 Å². The minimum absolute atomic E-state index is 0.123. The van der Waals surface area contributed by atoms with E-state index in [2.05, 4.69) is 58.6 Å². The maximum Gasteiger partial charge on any atom is 0.191 e. The van der Waals surface area contributed by atoms with Gasteiger partial charge < -0.3 is 19.9 Å². The lowest BCUT2D eigenvalue weighted by molar-refractivity contribution is 0.0652. The Balaban J connectivity index is 1.64. The van der Waals surface area contributed by atoms with Crippen LogP contribution in [0.1, 0.15) is 31.9 Å². The average molecular weight is 342 g/mol. The molecule has 0 aliphatic heterocycles. The van der Waals surface area contributed by atoms with E-state index in [0.717, 1.165) is 38.6 Å². The first-order valence-electron chi connectivity index (χ1n) is 9.09. The molecule has 136 valence electrons. The lowest BCUT2D eigenvalue weighted by atomic mass is 10.1. The summed E-state index contributed by atoms with van der Waals surface area (Å²) in [6.45, 7) is 8.26. The first kappa shape index (κ1) is 19.1. The minimum atomic E-state index is 0.123. The van der Waals surface area contributed by atoms with Gasteiger partial charge in [-0.25, -0.2) is 0 Å². The van der Waals surface area contributed by atoms with Gasteiger partial charge >= 0.3 is 0 Å². The second kappa shape index (κ2) is 11.3. The summed E-state index contributed by atoms with van der Waals surface area (Å²) in [5, 5.41) is 6.64. The smallest absolute Gasteiger partial charge is 0.191 e. The van der Waals surface area contributed by atoms with E-state index in [1.54, 1.807) is 0 Å². The van der Waals surface area contributed by atoms with Gasteiger partial charge in [-0.3, -0.25) is 4.99 Å². The van der Waals surface area contributed by atoms with Crippen molar-refractivity contribution < 1.29 is 4.74 Å². The zero-order chi connectivity index (χ0) is 17.7. The van der Waals surface area contributed by atoms with Gasteiger partial charge in [-0.05, 0) is 38.0 Å². The first-order chi connectivity index (χ1) is 12.3. The molecule has 2 N–H and O–H groups in total. The minimum Gasteiger partial charge on any atom is -0.374 e. The molecule has 5 heteroatoms. The predicted octanol–water partition coefficient (Wildman–Crippen LogP) is 3.21. The van der Waals surface area contributed by atoms with Crippen molar-refractivity contribution in [1.29, 1.82) is 0 Å². The van der Waals surface area contributed by atoms with Gasteiger partial charge in [-0.2, -0.15) is 0 Å². The van der Waals surface area contributed by atoms with Gasteiger partial charge in [0, 0.05) is 45.2 Å². The van der Waals surface area contributed by atoms with Gasteiger partial charge in [0.05, 0.1) is 6.10 Å². The van der Waals surface area contributed by atoms with E-state index in [4.69, 9.17) is 4.74 Å². The number of hydrogen-bond donors (Lipinski definition) is 2. The fraction of sp³-hybridized carbons (Fsp3) is 0.450. The molecule has 2 aromatic rings. The van der Waals surface area contributed by atoms with Gasteiger partial charge in [0.1, 0.15) is 0 Å². The highest BCUT2D eigenvalue weighted by Gasteiger charge is 2.04. The number of rotatable bonds is 10. The number of hydrogen-bond acceptors (Lipinski definition) is 2. The molecule has 1 heterocycles. The summed E-state index contributed by atoms with van der Waals surface area (Å²) in [5.74, 6) is 0.866. The monoisotopic (exact) mass is 342 g/mol. The fourth-order valence-corrected chi connectivity index (χ4v) is 2.50. The molecule has 1 aromatic carbocycles. The summed E-state index contributed by atoms with van der Waals surface area (Å²) in [6.07, 6.45) is 5.16. The van der Waals surface area contributed by atoms with E-state index in [-0.39, 0.29) is 6.10 Å². The van der Waals surface area contributed by atoms with Gasteiger partial charge in [0.2, 0.25) is 0 Å². The zero-order valence-corrected chi connectivity index (χ0v) is 15.3. The van der Waals surface area contributed by atoms with Crippen LogP contribution in [0, 0.1) is 0 Å². The Morgan fingerprint density at radius 2 is 1.88 bits per heavy atom. The Kier molecular flexibility index (Phi) is 8.63. The third kappa shape index (κ3) is 7.44. The number of aliphatic imine (C=N–C) groups is 1.